The lowest BCUT2D eigenvalue weighted by Gasteiger charge is -2.34. The van der Waals surface area contributed by atoms with Gasteiger partial charge >= 0.3 is 0 Å². The molecule has 0 fully saturated rings. The second kappa shape index (κ2) is 14.8. The first-order valence-corrected chi connectivity index (χ1v) is 16.0. The van der Waals surface area contributed by atoms with Crippen molar-refractivity contribution in [2.45, 2.75) is 44.7 Å². The average Bonchev–Trinajstić information content (AvgIpc) is 3.02. The molecule has 1 atom stereocenters. The van der Waals surface area contributed by atoms with Gasteiger partial charge < -0.3 is 10.2 Å². The van der Waals surface area contributed by atoms with Crippen LogP contribution in [0.2, 0.25) is 0 Å². The van der Waals surface area contributed by atoms with Crippen molar-refractivity contribution in [2.75, 3.05) is 17.4 Å². The number of aryl methyl sites for hydroxylation is 1. The highest BCUT2D eigenvalue weighted by Gasteiger charge is 2.34. The molecule has 1 N–H and O–H groups in total. The van der Waals surface area contributed by atoms with E-state index in [4.69, 9.17) is 0 Å². The van der Waals surface area contributed by atoms with Crippen LogP contribution >= 0.6 is 0 Å². The van der Waals surface area contributed by atoms with Gasteiger partial charge in [-0.3, -0.25) is 13.9 Å². The number of amides is 2. The molecule has 9 heteroatoms. The van der Waals surface area contributed by atoms with Crippen LogP contribution in [-0.2, 0) is 32.6 Å². The van der Waals surface area contributed by atoms with Crippen molar-refractivity contribution in [1.29, 1.82) is 0 Å². The second-order valence-electron chi connectivity index (χ2n) is 11.1. The average molecular weight is 616 g/mol. The zero-order chi connectivity index (χ0) is 31.7. The Kier molecular flexibility index (Phi) is 10.9. The summed E-state index contributed by atoms with van der Waals surface area (Å²) in [6.45, 7) is 5.85. The molecule has 230 valence electrons. The highest BCUT2D eigenvalue weighted by Crippen LogP contribution is 2.25. The Balaban J connectivity index is 1.79. The number of carbonyl (C=O) groups excluding carboxylic acids is 2. The summed E-state index contributed by atoms with van der Waals surface area (Å²) >= 11 is 0. The summed E-state index contributed by atoms with van der Waals surface area (Å²) in [6, 6.07) is 28.9. The van der Waals surface area contributed by atoms with Crippen LogP contribution in [-0.4, -0.2) is 44.3 Å². The lowest BCUT2D eigenvalue weighted by atomic mass is 10.0. The van der Waals surface area contributed by atoms with Gasteiger partial charge in [-0.2, -0.15) is 0 Å². The fourth-order valence-electron chi connectivity index (χ4n) is 4.80. The molecule has 0 radical (unpaired) electrons. The number of para-hydroxylation sites is 1. The van der Waals surface area contributed by atoms with Gasteiger partial charge in [0.25, 0.3) is 10.0 Å². The third-order valence-electron chi connectivity index (χ3n) is 7.28. The van der Waals surface area contributed by atoms with Gasteiger partial charge in [0.1, 0.15) is 18.4 Å². The van der Waals surface area contributed by atoms with Crippen molar-refractivity contribution in [1.82, 2.24) is 10.2 Å². The molecule has 0 heterocycles. The third-order valence-corrected chi connectivity index (χ3v) is 9.07. The van der Waals surface area contributed by atoms with Crippen LogP contribution in [0.5, 0.6) is 0 Å². The number of sulfonamides is 1. The largest absolute Gasteiger partial charge is 0.354 e. The van der Waals surface area contributed by atoms with Crippen LogP contribution in [0, 0.1) is 18.7 Å². The summed E-state index contributed by atoms with van der Waals surface area (Å²) in [4.78, 5) is 29.6. The smallest absolute Gasteiger partial charge is 0.264 e. The molecule has 0 saturated carbocycles. The van der Waals surface area contributed by atoms with Crippen molar-refractivity contribution >= 4 is 27.5 Å². The quantitative estimate of drug-likeness (QED) is 0.208. The second-order valence-corrected chi connectivity index (χ2v) is 13.0. The molecule has 0 aliphatic rings. The topological polar surface area (TPSA) is 86.8 Å². The molecule has 7 nitrogen and oxygen atoms in total. The minimum atomic E-state index is -4.29. The van der Waals surface area contributed by atoms with Crippen LogP contribution in [0.3, 0.4) is 0 Å². The van der Waals surface area contributed by atoms with Gasteiger partial charge in [-0.1, -0.05) is 86.6 Å². The van der Waals surface area contributed by atoms with Crippen molar-refractivity contribution < 1.29 is 22.4 Å². The number of carbonyl (C=O) groups is 2. The molecule has 0 bridgehead atoms. The first-order chi connectivity index (χ1) is 21.1. The normalized spacial score (nSPS) is 12.0. The first-order valence-electron chi connectivity index (χ1n) is 14.5. The monoisotopic (exact) mass is 615 g/mol. The van der Waals surface area contributed by atoms with Crippen LogP contribution in [0.25, 0.3) is 0 Å². The standard InChI is InChI=1S/C35H38FN3O4S/c1-26(2)23-37-35(41)33(22-28-13-6-4-7-14-28)38(24-29-15-11-10-12-27(29)3)34(40)25-39(31-16-8-5-9-17-31)44(42,43)32-20-18-30(36)19-21-32/h4-21,26,33H,22-25H2,1-3H3,(H,37,41). The molecular weight excluding hydrogens is 577 g/mol. The number of anilines is 1. The van der Waals surface area contributed by atoms with Crippen LogP contribution in [0.15, 0.2) is 114 Å². The fourth-order valence-corrected chi connectivity index (χ4v) is 6.22. The maximum absolute atomic E-state index is 14.4. The summed E-state index contributed by atoms with van der Waals surface area (Å²) in [7, 11) is -4.29. The Hall–Kier alpha value is -4.50. The lowest BCUT2D eigenvalue weighted by molar-refractivity contribution is -0.140. The van der Waals surface area contributed by atoms with E-state index in [1.807, 2.05) is 75.4 Å². The maximum atomic E-state index is 14.4. The number of hydrogen-bond acceptors (Lipinski definition) is 4. The summed E-state index contributed by atoms with van der Waals surface area (Å²) in [5, 5.41) is 2.98. The van der Waals surface area contributed by atoms with E-state index in [0.29, 0.717) is 6.54 Å². The van der Waals surface area contributed by atoms with Crippen molar-refractivity contribution in [3.8, 4) is 0 Å². The Morgan fingerprint density at radius 1 is 0.818 bits per heavy atom. The van der Waals surface area contributed by atoms with Gasteiger partial charge in [-0.05, 0) is 65.9 Å². The summed E-state index contributed by atoms with van der Waals surface area (Å²) in [5.41, 5.74) is 2.90. The van der Waals surface area contributed by atoms with Gasteiger partial charge in [-0.15, -0.1) is 0 Å². The van der Waals surface area contributed by atoms with Crippen molar-refractivity contribution in [3.63, 3.8) is 0 Å². The predicted octanol–water partition coefficient (Wildman–Crippen LogP) is 5.74. The van der Waals surface area contributed by atoms with Crippen LogP contribution < -0.4 is 9.62 Å². The predicted molar refractivity (Wildman–Crippen MR) is 171 cm³/mol. The third kappa shape index (κ3) is 8.32. The van der Waals surface area contributed by atoms with Crippen LogP contribution in [0.4, 0.5) is 10.1 Å². The molecule has 1 unspecified atom stereocenters. The zero-order valence-corrected chi connectivity index (χ0v) is 26.0. The van der Waals surface area contributed by atoms with Crippen molar-refractivity contribution in [3.05, 3.63) is 132 Å². The number of rotatable bonds is 13. The maximum Gasteiger partial charge on any atom is 0.264 e. The minimum absolute atomic E-state index is 0.0946. The Morgan fingerprint density at radius 3 is 2.02 bits per heavy atom. The molecule has 0 aromatic heterocycles. The summed E-state index contributed by atoms with van der Waals surface area (Å²) in [5.74, 6) is -1.27. The number of nitrogens with one attached hydrogen (secondary N) is 1. The molecule has 0 aliphatic carbocycles. The molecule has 0 aliphatic heterocycles. The molecule has 0 spiro atoms. The zero-order valence-electron chi connectivity index (χ0n) is 25.2. The summed E-state index contributed by atoms with van der Waals surface area (Å²) < 4.78 is 42.6. The van der Waals surface area contributed by atoms with E-state index in [1.54, 1.807) is 30.3 Å². The van der Waals surface area contributed by atoms with Gasteiger partial charge in [0.15, 0.2) is 0 Å². The highest BCUT2D eigenvalue weighted by molar-refractivity contribution is 7.92. The molecule has 4 rings (SSSR count). The number of halogens is 1. The number of hydrogen-bond donors (Lipinski definition) is 1. The van der Waals surface area contributed by atoms with Crippen molar-refractivity contribution in [2.24, 2.45) is 5.92 Å². The SMILES string of the molecule is Cc1ccccc1CN(C(=O)CN(c1ccccc1)S(=O)(=O)c1ccc(F)cc1)C(Cc1ccccc1)C(=O)NCC(C)C. The van der Waals surface area contributed by atoms with E-state index >= 15 is 0 Å². The van der Waals surface area contributed by atoms with E-state index in [1.165, 1.54) is 17.0 Å². The van der Waals surface area contributed by atoms with E-state index in [0.717, 1.165) is 33.1 Å². The minimum Gasteiger partial charge on any atom is -0.354 e. The Morgan fingerprint density at radius 2 is 1.41 bits per heavy atom. The fraction of sp³-hybridized carbons (Fsp3) is 0.257. The van der Waals surface area contributed by atoms with E-state index < -0.39 is 34.3 Å². The van der Waals surface area contributed by atoms with Gasteiger partial charge in [0.2, 0.25) is 11.8 Å². The molecule has 2 amide bonds. The lowest BCUT2D eigenvalue weighted by Crippen LogP contribution is -2.53. The molecule has 44 heavy (non-hydrogen) atoms. The molecular formula is C35H38FN3O4S. The van der Waals surface area contributed by atoms with Gasteiger partial charge in [0, 0.05) is 19.5 Å². The summed E-state index contributed by atoms with van der Waals surface area (Å²) in [6.07, 6.45) is 0.235. The highest BCUT2D eigenvalue weighted by atomic mass is 32.2. The Labute approximate surface area is 259 Å². The first kappa shape index (κ1) is 32.4. The Bertz CT molecular complexity index is 1650. The molecule has 4 aromatic carbocycles. The van der Waals surface area contributed by atoms with E-state index in [9.17, 15) is 22.4 Å². The molecule has 4 aromatic rings. The van der Waals surface area contributed by atoms with Crippen LogP contribution in [0.1, 0.15) is 30.5 Å². The van der Waals surface area contributed by atoms with Gasteiger partial charge in [0.05, 0.1) is 10.6 Å². The van der Waals surface area contributed by atoms with E-state index in [-0.39, 0.29) is 35.4 Å². The number of benzene rings is 4. The molecule has 0 saturated heterocycles. The number of nitrogens with zero attached hydrogens (tertiary/aromatic N) is 2. The van der Waals surface area contributed by atoms with Gasteiger partial charge in [-0.25, -0.2) is 12.8 Å². The van der Waals surface area contributed by atoms with E-state index in [2.05, 4.69) is 5.32 Å².